The van der Waals surface area contributed by atoms with Gasteiger partial charge < -0.3 is 10.6 Å². The van der Waals surface area contributed by atoms with E-state index in [1.54, 1.807) is 20.0 Å². The summed E-state index contributed by atoms with van der Waals surface area (Å²) < 4.78 is 25.1. The van der Waals surface area contributed by atoms with Crippen LogP contribution in [-0.2, 0) is 10.0 Å². The monoisotopic (exact) mass is 259 g/mol. The third-order valence-corrected chi connectivity index (χ3v) is 3.43. The highest BCUT2D eigenvalue weighted by molar-refractivity contribution is 7.89. The summed E-state index contributed by atoms with van der Waals surface area (Å²) in [7, 11) is -1.44. The Morgan fingerprint density at radius 3 is 2.65 bits per heavy atom. The van der Waals surface area contributed by atoms with Gasteiger partial charge in [0.2, 0.25) is 10.0 Å². The van der Waals surface area contributed by atoms with Crippen molar-refractivity contribution < 1.29 is 8.42 Å². The molecule has 0 saturated heterocycles. The number of hydrogen-bond donors (Lipinski definition) is 3. The van der Waals surface area contributed by atoms with Gasteiger partial charge in [-0.1, -0.05) is 6.92 Å². The summed E-state index contributed by atoms with van der Waals surface area (Å²) in [5, 5.41) is 5.80. The fourth-order valence-corrected chi connectivity index (χ4v) is 2.15. The van der Waals surface area contributed by atoms with Crippen LogP contribution in [0.1, 0.15) is 6.92 Å². The summed E-state index contributed by atoms with van der Waals surface area (Å²) >= 11 is 0. The number of anilines is 2. The molecule has 0 amide bonds. The molecule has 96 valence electrons. The van der Waals surface area contributed by atoms with E-state index in [9.17, 15) is 8.42 Å². The molecular formula is C9H17N5O2S. The normalized spacial score (nSPS) is 11.2. The Morgan fingerprint density at radius 1 is 1.29 bits per heavy atom. The fraction of sp³-hybridized carbons (Fsp3) is 0.556. The zero-order valence-corrected chi connectivity index (χ0v) is 10.7. The lowest BCUT2D eigenvalue weighted by Crippen LogP contribution is -2.29. The zero-order valence-electron chi connectivity index (χ0n) is 9.90. The average Bonchev–Trinajstić information content (AvgIpc) is 2.29. The van der Waals surface area contributed by atoms with Gasteiger partial charge in [0.25, 0.3) is 0 Å². The number of hydrogen-bond acceptors (Lipinski definition) is 6. The van der Waals surface area contributed by atoms with Crippen molar-refractivity contribution in [2.45, 2.75) is 6.92 Å². The molecule has 17 heavy (non-hydrogen) atoms. The predicted molar refractivity (Wildman–Crippen MR) is 67.5 cm³/mol. The lowest BCUT2D eigenvalue weighted by Gasteiger charge is -2.07. The predicted octanol–water partition coefficient (Wildman–Crippen LogP) is -0.131. The first-order valence-corrected chi connectivity index (χ1v) is 6.93. The van der Waals surface area contributed by atoms with Crippen LogP contribution in [0.5, 0.6) is 0 Å². The number of aromatic nitrogens is 2. The van der Waals surface area contributed by atoms with Gasteiger partial charge in [-0.3, -0.25) is 0 Å². The second-order valence-electron chi connectivity index (χ2n) is 3.28. The lowest BCUT2D eigenvalue weighted by molar-refractivity contribution is 0.584. The second kappa shape index (κ2) is 6.36. The summed E-state index contributed by atoms with van der Waals surface area (Å²) in [6, 6.07) is 1.71. The minimum Gasteiger partial charge on any atom is -0.373 e. The summed E-state index contributed by atoms with van der Waals surface area (Å²) in [5.74, 6) is 1.28. The quantitative estimate of drug-likeness (QED) is 0.631. The molecule has 8 heteroatoms. The van der Waals surface area contributed by atoms with Crippen LogP contribution in [0, 0.1) is 0 Å². The molecule has 0 aliphatic rings. The van der Waals surface area contributed by atoms with Gasteiger partial charge in [0.15, 0.2) is 0 Å². The van der Waals surface area contributed by atoms with Gasteiger partial charge in [-0.2, -0.15) is 0 Å². The average molecular weight is 259 g/mol. The Hall–Kier alpha value is -1.41. The smallest absolute Gasteiger partial charge is 0.213 e. The molecule has 0 saturated carbocycles. The van der Waals surface area contributed by atoms with Crippen molar-refractivity contribution in [3.05, 3.63) is 12.4 Å². The van der Waals surface area contributed by atoms with Crippen LogP contribution in [0.15, 0.2) is 12.4 Å². The maximum atomic E-state index is 11.3. The van der Waals surface area contributed by atoms with Crippen LogP contribution >= 0.6 is 0 Å². The Labute approximate surface area is 101 Å². The summed E-state index contributed by atoms with van der Waals surface area (Å²) in [4.78, 5) is 7.93. The minimum absolute atomic E-state index is 0.0136. The van der Waals surface area contributed by atoms with E-state index in [4.69, 9.17) is 0 Å². The largest absolute Gasteiger partial charge is 0.373 e. The van der Waals surface area contributed by atoms with Crippen LogP contribution in [0.25, 0.3) is 0 Å². The molecule has 1 aromatic rings. The van der Waals surface area contributed by atoms with Crippen LogP contribution in [0.2, 0.25) is 0 Å². The van der Waals surface area contributed by atoms with Gasteiger partial charge in [-0.25, -0.2) is 23.1 Å². The van der Waals surface area contributed by atoms with Crippen molar-refractivity contribution in [1.82, 2.24) is 14.7 Å². The molecule has 0 spiro atoms. The number of rotatable bonds is 7. The van der Waals surface area contributed by atoms with E-state index in [1.807, 2.05) is 0 Å². The lowest BCUT2D eigenvalue weighted by atomic mass is 10.5. The van der Waals surface area contributed by atoms with Crippen molar-refractivity contribution in [3.8, 4) is 0 Å². The highest BCUT2D eigenvalue weighted by atomic mass is 32.2. The summed E-state index contributed by atoms with van der Waals surface area (Å²) in [6.45, 7) is 2.45. The Bertz CT molecular complexity index is 448. The van der Waals surface area contributed by atoms with E-state index in [0.717, 1.165) is 0 Å². The number of nitrogens with zero attached hydrogens (tertiary/aromatic N) is 2. The van der Waals surface area contributed by atoms with E-state index in [1.165, 1.54) is 6.33 Å². The van der Waals surface area contributed by atoms with Crippen LogP contribution in [-0.4, -0.2) is 44.3 Å². The molecule has 0 atom stereocenters. The van der Waals surface area contributed by atoms with Crippen molar-refractivity contribution in [1.29, 1.82) is 0 Å². The third-order valence-electron chi connectivity index (χ3n) is 1.96. The highest BCUT2D eigenvalue weighted by Gasteiger charge is 2.07. The van der Waals surface area contributed by atoms with Crippen LogP contribution < -0.4 is 15.4 Å². The fourth-order valence-electron chi connectivity index (χ4n) is 1.20. The standard InChI is InChI=1S/C9H17N5O2S/c1-3-14-17(15,16)5-4-11-9-6-8(10-2)12-7-13-9/h6-7,14H,3-5H2,1-2H3,(H2,10,11,12,13). The molecule has 0 unspecified atom stereocenters. The summed E-state index contributed by atoms with van der Waals surface area (Å²) in [5.41, 5.74) is 0. The van der Waals surface area contributed by atoms with E-state index in [-0.39, 0.29) is 5.75 Å². The van der Waals surface area contributed by atoms with Crippen molar-refractivity contribution in [3.63, 3.8) is 0 Å². The number of nitrogens with one attached hydrogen (secondary N) is 3. The molecule has 0 aliphatic heterocycles. The van der Waals surface area contributed by atoms with E-state index in [0.29, 0.717) is 24.7 Å². The second-order valence-corrected chi connectivity index (χ2v) is 5.21. The van der Waals surface area contributed by atoms with E-state index < -0.39 is 10.0 Å². The molecule has 0 radical (unpaired) electrons. The SMILES string of the molecule is CCNS(=O)(=O)CCNc1cc(NC)ncn1. The molecule has 0 aromatic carbocycles. The first kappa shape index (κ1) is 13.7. The van der Waals surface area contributed by atoms with Gasteiger partial charge in [0.1, 0.15) is 18.0 Å². The maximum Gasteiger partial charge on any atom is 0.213 e. The summed E-state index contributed by atoms with van der Waals surface area (Å²) in [6.07, 6.45) is 1.41. The van der Waals surface area contributed by atoms with Crippen molar-refractivity contribution in [2.24, 2.45) is 0 Å². The number of sulfonamides is 1. The molecule has 0 bridgehead atoms. The van der Waals surface area contributed by atoms with Crippen molar-refractivity contribution in [2.75, 3.05) is 36.5 Å². The Balaban J connectivity index is 2.45. The molecular weight excluding hydrogens is 242 g/mol. The van der Waals surface area contributed by atoms with Gasteiger partial charge in [0, 0.05) is 26.2 Å². The molecule has 0 aliphatic carbocycles. The minimum atomic E-state index is -3.19. The molecule has 1 aromatic heterocycles. The van der Waals surface area contributed by atoms with E-state index >= 15 is 0 Å². The third kappa shape index (κ3) is 4.96. The maximum absolute atomic E-state index is 11.3. The van der Waals surface area contributed by atoms with Gasteiger partial charge in [-0.05, 0) is 0 Å². The van der Waals surface area contributed by atoms with Crippen LogP contribution in [0.4, 0.5) is 11.6 Å². The molecule has 3 N–H and O–H groups in total. The molecule has 7 nitrogen and oxygen atoms in total. The first-order chi connectivity index (χ1) is 8.07. The zero-order chi connectivity index (χ0) is 12.7. The van der Waals surface area contributed by atoms with Gasteiger partial charge in [-0.15, -0.1) is 0 Å². The van der Waals surface area contributed by atoms with Crippen molar-refractivity contribution >= 4 is 21.7 Å². The first-order valence-electron chi connectivity index (χ1n) is 5.28. The highest BCUT2D eigenvalue weighted by Crippen LogP contribution is 2.06. The molecule has 0 fully saturated rings. The Kier molecular flexibility index (Phi) is 5.11. The Morgan fingerprint density at radius 2 is 2.00 bits per heavy atom. The van der Waals surface area contributed by atoms with Gasteiger partial charge in [0.05, 0.1) is 5.75 Å². The van der Waals surface area contributed by atoms with E-state index in [2.05, 4.69) is 25.3 Å². The molecule has 1 heterocycles. The van der Waals surface area contributed by atoms with Crippen LogP contribution in [0.3, 0.4) is 0 Å². The van der Waals surface area contributed by atoms with Gasteiger partial charge >= 0.3 is 0 Å². The molecule has 1 rings (SSSR count). The topological polar surface area (TPSA) is 96.0 Å².